The van der Waals surface area contributed by atoms with Gasteiger partial charge in [-0.05, 0) is 35.7 Å². The number of amides is 1. The summed E-state index contributed by atoms with van der Waals surface area (Å²) in [6, 6.07) is 10.1. The zero-order valence-electron chi connectivity index (χ0n) is 17.3. The molecule has 2 N–H and O–H groups in total. The average molecular weight is 443 g/mol. The van der Waals surface area contributed by atoms with Gasteiger partial charge in [0.15, 0.2) is 5.76 Å². The van der Waals surface area contributed by atoms with Crippen LogP contribution in [0, 0.1) is 0 Å². The first-order chi connectivity index (χ1) is 14.8. The van der Waals surface area contributed by atoms with Gasteiger partial charge in [-0.3, -0.25) is 4.79 Å². The number of carbonyl (C=O) groups excluding carboxylic acids is 1. The predicted octanol–water partition coefficient (Wildman–Crippen LogP) is 4.49. The number of ether oxygens (including phenoxy) is 1. The Labute approximate surface area is 184 Å². The fraction of sp³-hybridized carbons (Fsp3) is 0.304. The molecule has 0 aliphatic carbocycles. The fourth-order valence-corrected chi connectivity index (χ4v) is 3.84. The lowest BCUT2D eigenvalue weighted by Crippen LogP contribution is -2.38. The minimum atomic E-state index is -0.103. The predicted molar refractivity (Wildman–Crippen MR) is 115 cm³/mol. The van der Waals surface area contributed by atoms with Crippen molar-refractivity contribution in [2.45, 2.75) is 32.7 Å². The van der Waals surface area contributed by atoms with Gasteiger partial charge in [0.25, 0.3) is 0 Å². The number of aromatic hydroxyl groups is 2. The minimum absolute atomic E-state index is 0.0274. The molecule has 0 atom stereocenters. The SMILES string of the molecule is CC(C)c1cc(-c2onc3c2CN(CCOc2cccc(Cl)c2)C(=O)C3)c(O)cc1O. The smallest absolute Gasteiger partial charge is 0.229 e. The van der Waals surface area contributed by atoms with Crippen LogP contribution in [0.4, 0.5) is 0 Å². The van der Waals surface area contributed by atoms with Crippen molar-refractivity contribution in [2.24, 2.45) is 0 Å². The summed E-state index contributed by atoms with van der Waals surface area (Å²) in [5, 5.41) is 25.2. The Morgan fingerprint density at radius 2 is 2.03 bits per heavy atom. The van der Waals surface area contributed by atoms with E-state index in [9.17, 15) is 15.0 Å². The number of benzene rings is 2. The fourth-order valence-electron chi connectivity index (χ4n) is 3.66. The van der Waals surface area contributed by atoms with Gasteiger partial charge in [0.1, 0.15) is 23.9 Å². The van der Waals surface area contributed by atoms with Crippen molar-refractivity contribution < 1.29 is 24.3 Å². The van der Waals surface area contributed by atoms with E-state index in [1.165, 1.54) is 6.07 Å². The number of halogens is 1. The van der Waals surface area contributed by atoms with E-state index in [1.807, 2.05) is 13.8 Å². The first-order valence-corrected chi connectivity index (χ1v) is 10.4. The van der Waals surface area contributed by atoms with Crippen LogP contribution in [0.25, 0.3) is 11.3 Å². The van der Waals surface area contributed by atoms with Crippen LogP contribution in [-0.2, 0) is 17.8 Å². The van der Waals surface area contributed by atoms with Crippen LogP contribution in [0.1, 0.15) is 36.6 Å². The molecule has 7 nitrogen and oxygen atoms in total. The van der Waals surface area contributed by atoms with Crippen molar-refractivity contribution >= 4 is 17.5 Å². The second-order valence-corrected chi connectivity index (χ2v) is 8.25. The first kappa shape index (κ1) is 21.1. The zero-order chi connectivity index (χ0) is 22.1. The Balaban J connectivity index is 1.54. The summed E-state index contributed by atoms with van der Waals surface area (Å²) in [4.78, 5) is 14.2. The quantitative estimate of drug-likeness (QED) is 0.583. The van der Waals surface area contributed by atoms with Gasteiger partial charge in [-0.25, -0.2) is 0 Å². The molecule has 2 aromatic carbocycles. The molecule has 1 aliphatic rings. The summed E-state index contributed by atoms with van der Waals surface area (Å²) in [5.74, 6) is 0.953. The van der Waals surface area contributed by atoms with Gasteiger partial charge < -0.3 is 24.4 Å². The zero-order valence-corrected chi connectivity index (χ0v) is 18.0. The van der Waals surface area contributed by atoms with Gasteiger partial charge in [-0.2, -0.15) is 0 Å². The summed E-state index contributed by atoms with van der Waals surface area (Å²) in [7, 11) is 0. The molecule has 8 heteroatoms. The van der Waals surface area contributed by atoms with Gasteiger partial charge in [0.2, 0.25) is 5.91 Å². The lowest BCUT2D eigenvalue weighted by atomic mass is 9.95. The Bertz CT molecular complexity index is 1130. The highest BCUT2D eigenvalue weighted by Crippen LogP contribution is 2.40. The topological polar surface area (TPSA) is 96.0 Å². The molecule has 0 saturated carbocycles. The highest BCUT2D eigenvalue weighted by molar-refractivity contribution is 6.30. The van der Waals surface area contributed by atoms with E-state index < -0.39 is 0 Å². The molecular weight excluding hydrogens is 420 g/mol. The number of nitrogens with zero attached hydrogens (tertiary/aromatic N) is 2. The molecule has 1 amide bonds. The molecule has 2 heterocycles. The second kappa shape index (κ2) is 8.51. The lowest BCUT2D eigenvalue weighted by molar-refractivity contribution is -0.132. The molecule has 31 heavy (non-hydrogen) atoms. The summed E-state index contributed by atoms with van der Waals surface area (Å²) in [6.45, 7) is 4.89. The van der Waals surface area contributed by atoms with Crippen LogP contribution in [0.2, 0.25) is 5.02 Å². The van der Waals surface area contributed by atoms with Crippen LogP contribution in [0.15, 0.2) is 40.9 Å². The highest BCUT2D eigenvalue weighted by Gasteiger charge is 2.31. The molecular formula is C23H23ClN2O5. The number of phenols is 2. The van der Waals surface area contributed by atoms with Gasteiger partial charge in [0.05, 0.1) is 30.8 Å². The molecule has 0 saturated heterocycles. The summed E-state index contributed by atoms with van der Waals surface area (Å²) in [5.41, 5.74) is 2.44. The third kappa shape index (κ3) is 4.32. The second-order valence-electron chi connectivity index (χ2n) is 7.82. The first-order valence-electron chi connectivity index (χ1n) is 10.0. The molecule has 4 rings (SSSR count). The third-order valence-corrected chi connectivity index (χ3v) is 5.56. The molecule has 1 aromatic heterocycles. The molecule has 0 fully saturated rings. The molecule has 162 valence electrons. The number of fused-ring (bicyclic) bond motifs is 1. The number of hydrogen-bond acceptors (Lipinski definition) is 6. The van der Waals surface area contributed by atoms with Crippen LogP contribution in [-0.4, -0.2) is 39.3 Å². The number of aromatic nitrogens is 1. The van der Waals surface area contributed by atoms with Crippen LogP contribution >= 0.6 is 11.6 Å². The van der Waals surface area contributed by atoms with E-state index in [0.29, 0.717) is 53.0 Å². The Hall–Kier alpha value is -3.19. The number of phenolic OH excluding ortho intramolecular Hbond substituents is 2. The summed E-state index contributed by atoms with van der Waals surface area (Å²) < 4.78 is 11.2. The van der Waals surface area contributed by atoms with E-state index in [2.05, 4.69) is 5.16 Å². The standard InChI is InChI=1S/C23H23ClN2O5/c1-13(2)16-9-17(21(28)11-20(16)27)23-18-12-26(22(29)10-19(18)25-31-23)6-7-30-15-5-3-4-14(24)8-15/h3-5,8-9,11,13,27-28H,6-7,10,12H2,1-2H3. The van der Waals surface area contributed by atoms with Crippen molar-refractivity contribution in [2.75, 3.05) is 13.2 Å². The van der Waals surface area contributed by atoms with Gasteiger partial charge in [-0.15, -0.1) is 0 Å². The maximum absolute atomic E-state index is 12.5. The minimum Gasteiger partial charge on any atom is -0.508 e. The van der Waals surface area contributed by atoms with E-state index in [0.717, 1.165) is 5.56 Å². The van der Waals surface area contributed by atoms with Crippen molar-refractivity contribution in [3.05, 3.63) is 58.2 Å². The summed E-state index contributed by atoms with van der Waals surface area (Å²) in [6.07, 6.45) is 0.117. The average Bonchev–Trinajstić information content (AvgIpc) is 3.10. The van der Waals surface area contributed by atoms with Crippen molar-refractivity contribution in [3.8, 4) is 28.6 Å². The van der Waals surface area contributed by atoms with E-state index in [4.69, 9.17) is 20.9 Å². The number of carbonyl (C=O) groups is 1. The normalized spacial score (nSPS) is 13.5. The third-order valence-electron chi connectivity index (χ3n) is 5.33. The van der Waals surface area contributed by atoms with Crippen molar-refractivity contribution in [1.29, 1.82) is 0 Å². The van der Waals surface area contributed by atoms with Crippen molar-refractivity contribution in [3.63, 3.8) is 0 Å². The molecule has 1 aliphatic heterocycles. The monoisotopic (exact) mass is 442 g/mol. The Morgan fingerprint density at radius 1 is 1.23 bits per heavy atom. The Kier molecular flexibility index (Phi) is 5.78. The maximum Gasteiger partial charge on any atom is 0.229 e. The van der Waals surface area contributed by atoms with E-state index >= 15 is 0 Å². The molecule has 3 aromatic rings. The van der Waals surface area contributed by atoms with Crippen molar-refractivity contribution in [1.82, 2.24) is 10.1 Å². The lowest BCUT2D eigenvalue weighted by Gasteiger charge is -2.26. The number of hydrogen-bond donors (Lipinski definition) is 2. The summed E-state index contributed by atoms with van der Waals surface area (Å²) >= 11 is 5.97. The van der Waals surface area contributed by atoms with Crippen LogP contribution in [0.5, 0.6) is 17.2 Å². The molecule has 0 spiro atoms. The van der Waals surface area contributed by atoms with Gasteiger partial charge >= 0.3 is 0 Å². The maximum atomic E-state index is 12.5. The number of rotatable bonds is 6. The van der Waals surface area contributed by atoms with Crippen LogP contribution in [0.3, 0.4) is 0 Å². The van der Waals surface area contributed by atoms with E-state index in [-0.39, 0.29) is 29.7 Å². The Morgan fingerprint density at radius 3 is 2.77 bits per heavy atom. The van der Waals surface area contributed by atoms with E-state index in [1.54, 1.807) is 35.2 Å². The molecule has 0 bridgehead atoms. The highest BCUT2D eigenvalue weighted by atomic mass is 35.5. The van der Waals surface area contributed by atoms with Crippen LogP contribution < -0.4 is 4.74 Å². The largest absolute Gasteiger partial charge is 0.508 e. The van der Waals surface area contributed by atoms with Gasteiger partial charge in [0, 0.05) is 16.7 Å². The molecule has 0 unspecified atom stereocenters. The molecule has 0 radical (unpaired) electrons. The van der Waals surface area contributed by atoms with Gasteiger partial charge in [-0.1, -0.05) is 36.7 Å².